The number of anilines is 1. The van der Waals surface area contributed by atoms with Crippen LogP contribution in [0.3, 0.4) is 0 Å². The molecule has 0 saturated heterocycles. The summed E-state index contributed by atoms with van der Waals surface area (Å²) in [6, 6.07) is 2.57. The Bertz CT molecular complexity index is 655. The first-order valence-electron chi connectivity index (χ1n) is 5.44. The van der Waals surface area contributed by atoms with Gasteiger partial charge >= 0.3 is 5.97 Å². The molecule has 0 radical (unpaired) electrons. The number of nitrogens with one attached hydrogen (secondary N) is 2. The van der Waals surface area contributed by atoms with Crippen LogP contribution in [-0.2, 0) is 0 Å². The van der Waals surface area contributed by atoms with Crippen LogP contribution >= 0.6 is 11.6 Å². The Balaban J connectivity index is 2.33. The van der Waals surface area contributed by atoms with E-state index in [0.29, 0.717) is 5.56 Å². The lowest BCUT2D eigenvalue weighted by atomic mass is 10.1. The number of H-pyrrole nitrogens is 1. The Morgan fingerprint density at radius 2 is 2.20 bits per heavy atom. The van der Waals surface area contributed by atoms with Gasteiger partial charge in [-0.05, 0) is 6.07 Å². The summed E-state index contributed by atoms with van der Waals surface area (Å²) in [7, 11) is 1.33. The SMILES string of the molecule is COc1cc(NC(=O)c2cn[nH]c2)c(Cl)cc1C(=O)O. The van der Waals surface area contributed by atoms with Crippen molar-refractivity contribution >= 4 is 29.2 Å². The van der Waals surface area contributed by atoms with Crippen LogP contribution in [0.15, 0.2) is 24.5 Å². The van der Waals surface area contributed by atoms with Crippen molar-refractivity contribution in [2.75, 3.05) is 12.4 Å². The first-order valence-corrected chi connectivity index (χ1v) is 5.81. The molecule has 3 N–H and O–H groups in total. The lowest BCUT2D eigenvalue weighted by Gasteiger charge is -2.11. The second-order valence-electron chi connectivity index (χ2n) is 3.78. The Hall–Kier alpha value is -2.54. The molecular weight excluding hydrogens is 286 g/mol. The predicted molar refractivity (Wildman–Crippen MR) is 71.5 cm³/mol. The molecule has 1 heterocycles. The number of aromatic carboxylic acids is 1. The molecule has 0 aliphatic rings. The number of hydrogen-bond acceptors (Lipinski definition) is 4. The molecule has 2 aromatic rings. The zero-order valence-corrected chi connectivity index (χ0v) is 11.1. The number of halogens is 1. The van der Waals surface area contributed by atoms with Gasteiger partial charge in [0.05, 0.1) is 29.6 Å². The molecule has 8 heteroatoms. The van der Waals surface area contributed by atoms with Crippen LogP contribution in [0, 0.1) is 0 Å². The third kappa shape index (κ3) is 2.72. The smallest absolute Gasteiger partial charge is 0.339 e. The number of aromatic amines is 1. The predicted octanol–water partition coefficient (Wildman–Crippen LogP) is 2.02. The fourth-order valence-corrected chi connectivity index (χ4v) is 1.77. The Labute approximate surface area is 118 Å². The van der Waals surface area contributed by atoms with E-state index >= 15 is 0 Å². The van der Waals surface area contributed by atoms with Gasteiger partial charge in [-0.15, -0.1) is 0 Å². The fraction of sp³-hybridized carbons (Fsp3) is 0.0833. The minimum absolute atomic E-state index is 0.0844. The topological polar surface area (TPSA) is 104 Å². The van der Waals surface area contributed by atoms with Gasteiger partial charge in [-0.3, -0.25) is 9.89 Å². The average Bonchev–Trinajstić information content (AvgIpc) is 2.94. The third-order valence-electron chi connectivity index (χ3n) is 2.53. The molecule has 7 nitrogen and oxygen atoms in total. The van der Waals surface area contributed by atoms with Crippen LogP contribution in [-0.4, -0.2) is 34.3 Å². The number of nitrogens with zero attached hydrogens (tertiary/aromatic N) is 1. The van der Waals surface area contributed by atoms with Gasteiger partial charge in [0.2, 0.25) is 0 Å². The van der Waals surface area contributed by atoms with E-state index in [9.17, 15) is 9.59 Å². The molecule has 1 aromatic carbocycles. The van der Waals surface area contributed by atoms with Crippen molar-refractivity contribution < 1.29 is 19.4 Å². The zero-order chi connectivity index (χ0) is 14.7. The van der Waals surface area contributed by atoms with Crippen LogP contribution < -0.4 is 10.1 Å². The first-order chi connectivity index (χ1) is 9.52. The molecule has 1 aromatic heterocycles. The van der Waals surface area contributed by atoms with Crippen LogP contribution in [0.4, 0.5) is 5.69 Å². The van der Waals surface area contributed by atoms with Gasteiger partial charge in [-0.2, -0.15) is 5.10 Å². The van der Waals surface area contributed by atoms with Crippen molar-refractivity contribution in [3.63, 3.8) is 0 Å². The fourth-order valence-electron chi connectivity index (χ4n) is 1.55. The molecule has 0 aliphatic carbocycles. The van der Waals surface area contributed by atoms with E-state index < -0.39 is 11.9 Å². The van der Waals surface area contributed by atoms with Crippen molar-refractivity contribution in [3.8, 4) is 5.75 Å². The summed E-state index contributed by atoms with van der Waals surface area (Å²) in [6.07, 6.45) is 2.78. The zero-order valence-electron chi connectivity index (χ0n) is 10.3. The van der Waals surface area contributed by atoms with Crippen LogP contribution in [0.2, 0.25) is 5.02 Å². The number of methoxy groups -OCH3 is 1. The highest BCUT2D eigenvalue weighted by Gasteiger charge is 2.17. The molecule has 0 bridgehead atoms. The Kier molecular flexibility index (Phi) is 3.90. The van der Waals surface area contributed by atoms with Gasteiger partial charge in [-0.1, -0.05) is 11.6 Å². The number of carbonyl (C=O) groups is 2. The lowest BCUT2D eigenvalue weighted by molar-refractivity contribution is 0.0693. The minimum atomic E-state index is -1.17. The van der Waals surface area contributed by atoms with E-state index in [1.165, 1.54) is 31.6 Å². The molecular formula is C12H10ClN3O4. The van der Waals surface area contributed by atoms with Gasteiger partial charge in [0.25, 0.3) is 5.91 Å². The second-order valence-corrected chi connectivity index (χ2v) is 4.19. The van der Waals surface area contributed by atoms with Crippen LogP contribution in [0.1, 0.15) is 20.7 Å². The van der Waals surface area contributed by atoms with Crippen molar-refractivity contribution in [1.82, 2.24) is 10.2 Å². The normalized spacial score (nSPS) is 10.1. The van der Waals surface area contributed by atoms with Gasteiger partial charge in [0.1, 0.15) is 11.3 Å². The highest BCUT2D eigenvalue weighted by atomic mass is 35.5. The number of benzene rings is 1. The number of aromatic nitrogens is 2. The highest BCUT2D eigenvalue weighted by Crippen LogP contribution is 2.31. The number of hydrogen-bond donors (Lipinski definition) is 3. The quantitative estimate of drug-likeness (QED) is 0.800. The van der Waals surface area contributed by atoms with Crippen molar-refractivity contribution in [2.45, 2.75) is 0 Å². The number of rotatable bonds is 4. The molecule has 0 aliphatic heterocycles. The van der Waals surface area contributed by atoms with Crippen LogP contribution in [0.25, 0.3) is 0 Å². The molecule has 0 atom stereocenters. The Morgan fingerprint density at radius 1 is 1.45 bits per heavy atom. The summed E-state index contributed by atoms with van der Waals surface area (Å²) in [4.78, 5) is 22.9. The number of amides is 1. The van der Waals surface area contributed by atoms with Gasteiger partial charge in [0.15, 0.2) is 0 Å². The average molecular weight is 296 g/mol. The maximum absolute atomic E-state index is 11.9. The van der Waals surface area contributed by atoms with E-state index in [1.807, 2.05) is 0 Å². The van der Waals surface area contributed by atoms with E-state index in [-0.39, 0.29) is 22.0 Å². The standard InChI is InChI=1S/C12H10ClN3O4/c1-20-10-3-9(8(13)2-7(10)12(18)19)16-11(17)6-4-14-15-5-6/h2-5H,1H3,(H,14,15)(H,16,17)(H,18,19). The maximum atomic E-state index is 11.9. The summed E-state index contributed by atoms with van der Waals surface area (Å²) < 4.78 is 4.97. The summed E-state index contributed by atoms with van der Waals surface area (Å²) in [6.45, 7) is 0. The van der Waals surface area contributed by atoms with Crippen molar-refractivity contribution in [2.24, 2.45) is 0 Å². The second kappa shape index (κ2) is 5.62. The summed E-state index contributed by atoms with van der Waals surface area (Å²) in [5, 5.41) is 17.8. The van der Waals surface area contributed by atoms with Gasteiger partial charge < -0.3 is 15.2 Å². The van der Waals surface area contributed by atoms with Gasteiger partial charge in [-0.25, -0.2) is 4.79 Å². The molecule has 0 spiro atoms. The molecule has 0 unspecified atom stereocenters. The largest absolute Gasteiger partial charge is 0.496 e. The first kappa shape index (κ1) is 13.9. The molecule has 0 fully saturated rings. The Morgan fingerprint density at radius 3 is 2.75 bits per heavy atom. The number of carbonyl (C=O) groups excluding carboxylic acids is 1. The van der Waals surface area contributed by atoms with Gasteiger partial charge in [0, 0.05) is 12.3 Å². The lowest BCUT2D eigenvalue weighted by Crippen LogP contribution is -2.12. The van der Waals surface area contributed by atoms with Crippen molar-refractivity contribution in [1.29, 1.82) is 0 Å². The number of carboxylic acids is 1. The van der Waals surface area contributed by atoms with E-state index in [4.69, 9.17) is 21.4 Å². The minimum Gasteiger partial charge on any atom is -0.496 e. The monoisotopic (exact) mass is 295 g/mol. The summed E-state index contributed by atoms with van der Waals surface area (Å²) in [5.41, 5.74) is 0.487. The van der Waals surface area contributed by atoms with E-state index in [2.05, 4.69) is 15.5 Å². The molecule has 20 heavy (non-hydrogen) atoms. The summed E-state index contributed by atoms with van der Waals surface area (Å²) in [5.74, 6) is -1.49. The molecule has 104 valence electrons. The van der Waals surface area contributed by atoms with E-state index in [0.717, 1.165) is 0 Å². The van der Waals surface area contributed by atoms with Crippen LogP contribution in [0.5, 0.6) is 5.75 Å². The number of carboxylic acid groups (broad SMARTS) is 1. The molecule has 1 amide bonds. The highest BCUT2D eigenvalue weighted by molar-refractivity contribution is 6.34. The maximum Gasteiger partial charge on any atom is 0.339 e. The summed E-state index contributed by atoms with van der Waals surface area (Å²) >= 11 is 5.95. The molecule has 0 saturated carbocycles. The van der Waals surface area contributed by atoms with Crippen molar-refractivity contribution in [3.05, 3.63) is 40.7 Å². The third-order valence-corrected chi connectivity index (χ3v) is 2.84. The van der Waals surface area contributed by atoms with E-state index in [1.54, 1.807) is 0 Å². The molecule has 2 rings (SSSR count). The number of ether oxygens (including phenoxy) is 1.